The molecular formula is C57H35N7. The van der Waals surface area contributed by atoms with Gasteiger partial charge >= 0.3 is 0 Å². The van der Waals surface area contributed by atoms with Crippen molar-refractivity contribution < 1.29 is 5.48 Å². The van der Waals surface area contributed by atoms with Crippen molar-refractivity contribution in [3.63, 3.8) is 0 Å². The van der Waals surface area contributed by atoms with E-state index in [4.69, 9.17) is 17.7 Å². The molecule has 0 unspecified atom stereocenters. The van der Waals surface area contributed by atoms with Gasteiger partial charge in [-0.3, -0.25) is 9.13 Å². The molecule has 0 N–H and O–H groups in total. The zero-order valence-electron chi connectivity index (χ0n) is 38.0. The van der Waals surface area contributed by atoms with Crippen LogP contribution in [0.5, 0.6) is 0 Å². The predicted octanol–water partition coefficient (Wildman–Crippen LogP) is 13.9. The van der Waals surface area contributed by atoms with Crippen LogP contribution >= 0.6 is 0 Å². The van der Waals surface area contributed by atoms with Crippen LogP contribution in [-0.4, -0.2) is 33.2 Å². The number of hydrogen-bond acceptors (Lipinski definition) is 3. The second-order valence-electron chi connectivity index (χ2n) is 16.1. The Hall–Kier alpha value is -8.81. The lowest BCUT2D eigenvalue weighted by Gasteiger charge is -2.16. The van der Waals surface area contributed by atoms with Crippen molar-refractivity contribution in [3.8, 4) is 34.7 Å². The van der Waals surface area contributed by atoms with E-state index in [-0.39, 0.29) is 41.2 Å². The first-order chi connectivity index (χ1) is 33.4. The van der Waals surface area contributed by atoms with Crippen molar-refractivity contribution in [2.24, 2.45) is 0 Å². The Morgan fingerprint density at radius 2 is 0.656 bits per heavy atom. The predicted molar refractivity (Wildman–Crippen MR) is 263 cm³/mol. The van der Waals surface area contributed by atoms with Crippen molar-refractivity contribution in [2.45, 2.75) is 0 Å². The van der Waals surface area contributed by atoms with Crippen LogP contribution in [0, 0.1) is 0 Å². The molecule has 0 saturated heterocycles. The molecule has 7 nitrogen and oxygen atoms in total. The lowest BCUT2D eigenvalue weighted by Crippen LogP contribution is -2.11. The number of hydrogen-bond donors (Lipinski definition) is 0. The molecule has 64 heavy (non-hydrogen) atoms. The third kappa shape index (κ3) is 4.89. The summed E-state index contributed by atoms with van der Waals surface area (Å²) in [7, 11) is 0. The fourth-order valence-corrected chi connectivity index (χ4v) is 10.1. The Morgan fingerprint density at radius 3 is 1.09 bits per heavy atom. The maximum Gasteiger partial charge on any atom is 0.240 e. The maximum atomic E-state index is 9.73. The van der Waals surface area contributed by atoms with E-state index in [1.807, 2.05) is 106 Å². The first kappa shape index (κ1) is 31.1. The molecule has 0 aliphatic carbocycles. The third-order valence-corrected chi connectivity index (χ3v) is 12.8. The van der Waals surface area contributed by atoms with E-state index in [0.717, 1.165) is 82.1 Å². The minimum atomic E-state index is -0.385. The van der Waals surface area contributed by atoms with Gasteiger partial charge in [-0.05, 0) is 72.7 Å². The Bertz CT molecular complexity index is 4300. The number of aromatic nitrogens is 7. The molecular weight excluding hydrogens is 783 g/mol. The molecule has 0 fully saturated rings. The molecule has 0 atom stereocenters. The van der Waals surface area contributed by atoms with Crippen molar-refractivity contribution in [3.05, 3.63) is 212 Å². The standard InChI is InChI=1S/C57H35N7/c1-9-25-46-37(17-1)38-18-2-10-26-47(38)61(46)36-33-34-54-45(35-36)43-23-7-15-31-52(43)64(54)57-59-55(58-56(60-57)63-50-29-13-5-21-41(50)42-22-6-14-30-51(42)63)44-24-8-16-32-53(44)62-48-27-11-3-19-39(48)40-20-4-12-28-49(40)62/h1-35H/i8D,16D,24D,32D. The first-order valence-corrected chi connectivity index (χ1v) is 21.3. The van der Waals surface area contributed by atoms with Crippen molar-refractivity contribution in [2.75, 3.05) is 0 Å². The van der Waals surface area contributed by atoms with E-state index < -0.39 is 0 Å². The van der Waals surface area contributed by atoms with Crippen LogP contribution in [0.15, 0.2) is 212 Å². The Morgan fingerprint density at radius 1 is 0.312 bits per heavy atom. The van der Waals surface area contributed by atoms with Gasteiger partial charge in [-0.15, -0.1) is 0 Å². The molecule has 0 bridgehead atoms. The minimum absolute atomic E-state index is 0.101. The summed E-state index contributed by atoms with van der Waals surface area (Å²) in [5.74, 6) is 0.697. The molecule has 0 aliphatic rings. The van der Waals surface area contributed by atoms with Gasteiger partial charge in [-0.2, -0.15) is 15.0 Å². The van der Waals surface area contributed by atoms with Gasteiger partial charge in [0.1, 0.15) is 0 Å². The van der Waals surface area contributed by atoms with Gasteiger partial charge in [0.15, 0.2) is 5.82 Å². The van der Waals surface area contributed by atoms with Gasteiger partial charge in [0.25, 0.3) is 0 Å². The van der Waals surface area contributed by atoms with Gasteiger partial charge in [-0.25, -0.2) is 0 Å². The zero-order chi connectivity index (χ0) is 45.4. The summed E-state index contributed by atoms with van der Waals surface area (Å²) in [5, 5.41) is 8.30. The van der Waals surface area contributed by atoms with E-state index in [0.29, 0.717) is 11.9 Å². The SMILES string of the molecule is [2H]c1c([2H])c([2H])c(-n2c3ccccc3c3ccccc32)c(-c2nc(-n3c4ccccc4c4ccccc43)nc(-n3c4ccccc4c4cc(-n5c6ccccc6c6ccccc65)ccc43)n2)c1[2H]. The molecule has 7 heteroatoms. The number of benzene rings is 9. The average Bonchev–Trinajstić information content (AvgIpc) is 4.12. The number of nitrogens with zero attached hydrogens (tertiary/aromatic N) is 7. The molecule has 0 radical (unpaired) electrons. The fourth-order valence-electron chi connectivity index (χ4n) is 10.1. The molecule has 0 amide bonds. The maximum absolute atomic E-state index is 9.73. The summed E-state index contributed by atoms with van der Waals surface area (Å²) in [6.07, 6.45) is 0. The smallest absolute Gasteiger partial charge is 0.240 e. The highest BCUT2D eigenvalue weighted by Gasteiger charge is 2.23. The van der Waals surface area contributed by atoms with Crippen LogP contribution in [0.2, 0.25) is 0 Å². The van der Waals surface area contributed by atoms with E-state index >= 15 is 0 Å². The van der Waals surface area contributed by atoms with Crippen molar-refractivity contribution in [1.29, 1.82) is 0 Å². The minimum Gasteiger partial charge on any atom is -0.309 e. The second-order valence-corrected chi connectivity index (χ2v) is 16.1. The van der Waals surface area contributed by atoms with E-state index in [1.165, 1.54) is 10.8 Å². The van der Waals surface area contributed by atoms with E-state index in [9.17, 15) is 2.74 Å². The fraction of sp³-hybridized carbons (Fsp3) is 0. The van der Waals surface area contributed by atoms with Crippen LogP contribution in [0.4, 0.5) is 0 Å². The highest BCUT2D eigenvalue weighted by atomic mass is 15.3. The van der Waals surface area contributed by atoms with Crippen molar-refractivity contribution >= 4 is 87.2 Å². The largest absolute Gasteiger partial charge is 0.309 e. The molecule has 9 aromatic carbocycles. The third-order valence-electron chi connectivity index (χ3n) is 12.8. The van der Waals surface area contributed by atoms with Crippen LogP contribution < -0.4 is 0 Å². The summed E-state index contributed by atoms with van der Waals surface area (Å²) in [6.45, 7) is 0. The summed E-state index contributed by atoms with van der Waals surface area (Å²) in [5.41, 5.74) is 8.71. The lowest BCUT2D eigenvalue weighted by atomic mass is 10.1. The number of rotatable bonds is 5. The van der Waals surface area contributed by atoms with Crippen molar-refractivity contribution in [1.82, 2.24) is 33.2 Å². The Balaban J connectivity index is 1.11. The summed E-state index contributed by atoms with van der Waals surface area (Å²) in [6, 6.07) is 62.7. The van der Waals surface area contributed by atoms with Gasteiger partial charge in [0.2, 0.25) is 11.9 Å². The molecule has 0 spiro atoms. The summed E-state index contributed by atoms with van der Waals surface area (Å²) < 4.78 is 45.9. The van der Waals surface area contributed by atoms with Gasteiger partial charge in [0.05, 0.1) is 55.3 Å². The summed E-state index contributed by atoms with van der Waals surface area (Å²) in [4.78, 5) is 16.0. The van der Waals surface area contributed by atoms with Gasteiger partial charge in [-0.1, -0.05) is 139 Å². The van der Waals surface area contributed by atoms with Crippen LogP contribution in [0.3, 0.4) is 0 Å². The van der Waals surface area contributed by atoms with E-state index in [1.54, 1.807) is 0 Å². The molecule has 0 aliphatic heterocycles. The highest BCUT2D eigenvalue weighted by molar-refractivity contribution is 6.13. The second kappa shape index (κ2) is 13.3. The highest BCUT2D eigenvalue weighted by Crippen LogP contribution is 2.39. The number of para-hydroxylation sites is 8. The average molecular weight is 822 g/mol. The quantitative estimate of drug-likeness (QED) is 0.174. The molecule has 0 saturated carbocycles. The normalized spacial score (nSPS) is 12.9. The molecule has 14 aromatic rings. The Kier molecular flexibility index (Phi) is 6.48. The molecule has 5 aromatic heterocycles. The number of fused-ring (bicyclic) bond motifs is 12. The zero-order valence-corrected chi connectivity index (χ0v) is 34.0. The molecule has 5 heterocycles. The lowest BCUT2D eigenvalue weighted by molar-refractivity contribution is 0.892. The van der Waals surface area contributed by atoms with Gasteiger partial charge < -0.3 is 9.13 Å². The van der Waals surface area contributed by atoms with Crippen LogP contribution in [0.25, 0.3) is 122 Å². The topological polar surface area (TPSA) is 58.4 Å². The molecule has 298 valence electrons. The van der Waals surface area contributed by atoms with Crippen LogP contribution in [-0.2, 0) is 0 Å². The summed E-state index contributed by atoms with van der Waals surface area (Å²) >= 11 is 0. The van der Waals surface area contributed by atoms with E-state index in [2.05, 4.69) is 100 Å². The molecule has 14 rings (SSSR count). The van der Waals surface area contributed by atoms with Gasteiger partial charge in [0, 0.05) is 54.3 Å². The first-order valence-electron chi connectivity index (χ1n) is 23.3. The monoisotopic (exact) mass is 821 g/mol. The Labute approximate surface area is 371 Å². The van der Waals surface area contributed by atoms with Crippen LogP contribution in [0.1, 0.15) is 5.48 Å².